The van der Waals surface area contributed by atoms with Crippen LogP contribution in [0.25, 0.3) is 0 Å². The van der Waals surface area contributed by atoms with Gasteiger partial charge >= 0.3 is 0 Å². The molecule has 0 radical (unpaired) electrons. The molecule has 2 N–H and O–H groups in total. The normalized spacial score (nSPS) is 22.9. The van der Waals surface area contributed by atoms with Gasteiger partial charge in [-0.3, -0.25) is 0 Å². The van der Waals surface area contributed by atoms with Gasteiger partial charge in [-0.25, -0.2) is 0 Å². The summed E-state index contributed by atoms with van der Waals surface area (Å²) in [5, 5.41) is 0. The Balaban J connectivity index is 0.000000294. The van der Waals surface area contributed by atoms with Crippen molar-refractivity contribution in [2.45, 2.75) is 46.5 Å². The Morgan fingerprint density at radius 1 is 1.21 bits per heavy atom. The molecule has 0 aromatic heterocycles. The number of likely N-dealkylation sites (tertiary alicyclic amines) is 1. The Bertz CT molecular complexity index is 130. The van der Waals surface area contributed by atoms with E-state index in [4.69, 9.17) is 5.73 Å². The van der Waals surface area contributed by atoms with Gasteiger partial charge in [-0.05, 0) is 51.2 Å². The fourth-order valence-electron chi connectivity index (χ4n) is 2.04. The van der Waals surface area contributed by atoms with Crippen molar-refractivity contribution in [3.05, 3.63) is 0 Å². The summed E-state index contributed by atoms with van der Waals surface area (Å²) in [6, 6.07) is 0. The molecule has 1 heterocycles. The van der Waals surface area contributed by atoms with Crippen molar-refractivity contribution >= 4 is 0 Å². The lowest BCUT2D eigenvalue weighted by Gasteiger charge is -2.29. The molecule has 1 spiro atoms. The predicted octanol–water partition coefficient (Wildman–Crippen LogP) is 2.48. The van der Waals surface area contributed by atoms with Gasteiger partial charge in [0.05, 0.1) is 0 Å². The highest BCUT2D eigenvalue weighted by Gasteiger charge is 2.44. The fourth-order valence-corrected chi connectivity index (χ4v) is 2.04. The third-order valence-electron chi connectivity index (χ3n) is 2.81. The first kappa shape index (κ1) is 13.9. The van der Waals surface area contributed by atoms with E-state index in [1.54, 1.807) is 0 Å². The second kappa shape index (κ2) is 7.24. The van der Waals surface area contributed by atoms with Gasteiger partial charge in [0, 0.05) is 6.54 Å². The maximum Gasteiger partial charge on any atom is 0.00349 e. The van der Waals surface area contributed by atoms with Crippen LogP contribution in [0.4, 0.5) is 0 Å². The molecule has 1 saturated carbocycles. The van der Waals surface area contributed by atoms with Crippen LogP contribution in [0.3, 0.4) is 0 Å². The van der Waals surface area contributed by atoms with E-state index in [1.807, 2.05) is 20.8 Å². The quantitative estimate of drug-likeness (QED) is 0.651. The van der Waals surface area contributed by atoms with Crippen molar-refractivity contribution in [2.24, 2.45) is 11.1 Å². The molecule has 1 aliphatic carbocycles. The fraction of sp³-hybridized carbons (Fsp3) is 1.00. The lowest BCUT2D eigenvalue weighted by molar-refractivity contribution is 0.194. The third-order valence-corrected chi connectivity index (χ3v) is 2.81. The molecule has 0 unspecified atom stereocenters. The first-order valence-corrected chi connectivity index (χ1v) is 6.11. The average Bonchev–Trinajstić information content (AvgIpc) is 2.89. The minimum atomic E-state index is 0.750. The summed E-state index contributed by atoms with van der Waals surface area (Å²) in [7, 11) is 2.25. The number of piperidine rings is 1. The average molecular weight is 200 g/mol. The number of rotatable bonds is 0. The zero-order valence-corrected chi connectivity index (χ0v) is 10.5. The summed E-state index contributed by atoms with van der Waals surface area (Å²) >= 11 is 0. The highest BCUT2D eigenvalue weighted by Crippen LogP contribution is 2.51. The van der Waals surface area contributed by atoms with Crippen LogP contribution in [-0.4, -0.2) is 31.6 Å². The molecule has 14 heavy (non-hydrogen) atoms. The Labute approximate surface area is 89.9 Å². The molecular weight excluding hydrogens is 172 g/mol. The molecule has 0 amide bonds. The van der Waals surface area contributed by atoms with E-state index in [9.17, 15) is 0 Å². The van der Waals surface area contributed by atoms with E-state index in [0.29, 0.717) is 0 Å². The predicted molar refractivity (Wildman–Crippen MR) is 64.5 cm³/mol. The molecule has 0 atom stereocenters. The molecule has 2 heteroatoms. The van der Waals surface area contributed by atoms with E-state index < -0.39 is 0 Å². The first-order valence-electron chi connectivity index (χ1n) is 6.11. The topological polar surface area (TPSA) is 29.3 Å². The zero-order valence-electron chi connectivity index (χ0n) is 10.5. The van der Waals surface area contributed by atoms with Crippen molar-refractivity contribution in [1.29, 1.82) is 0 Å². The molecule has 1 aliphatic heterocycles. The summed E-state index contributed by atoms with van der Waals surface area (Å²) < 4.78 is 0. The van der Waals surface area contributed by atoms with Gasteiger partial charge in [0.15, 0.2) is 0 Å². The molecule has 0 bridgehead atoms. The zero-order chi connectivity index (χ0) is 11.0. The van der Waals surface area contributed by atoms with Gasteiger partial charge in [-0.1, -0.05) is 20.8 Å². The molecule has 86 valence electrons. The smallest absolute Gasteiger partial charge is 0.00349 e. The minimum Gasteiger partial charge on any atom is -0.331 e. The number of nitrogens with two attached hydrogens (primary N) is 1. The van der Waals surface area contributed by atoms with Gasteiger partial charge in [0.1, 0.15) is 0 Å². The lowest BCUT2D eigenvalue weighted by Crippen LogP contribution is -2.32. The molecule has 2 fully saturated rings. The molecule has 2 rings (SSSR count). The summed E-state index contributed by atoms with van der Waals surface area (Å²) in [4.78, 5) is 2.48. The number of nitrogens with zero attached hydrogens (tertiary/aromatic N) is 1. The van der Waals surface area contributed by atoms with Crippen LogP contribution in [0.1, 0.15) is 46.5 Å². The Kier molecular flexibility index (Phi) is 7.20. The second-order valence-corrected chi connectivity index (χ2v) is 4.25. The maximum atomic E-state index is 4.85. The van der Waals surface area contributed by atoms with E-state index in [1.165, 1.54) is 38.8 Å². The molecule has 2 nitrogen and oxygen atoms in total. The summed E-state index contributed by atoms with van der Waals surface area (Å²) in [5.74, 6) is 0. The van der Waals surface area contributed by atoms with Crippen LogP contribution in [0, 0.1) is 5.41 Å². The van der Waals surface area contributed by atoms with Gasteiger partial charge in [-0.2, -0.15) is 0 Å². The van der Waals surface area contributed by atoms with Crippen LogP contribution in [-0.2, 0) is 0 Å². The number of hydrogen-bond acceptors (Lipinski definition) is 2. The summed E-state index contributed by atoms with van der Waals surface area (Å²) in [6.45, 7) is 9.37. The monoisotopic (exact) mass is 200 g/mol. The number of hydrogen-bond donors (Lipinski definition) is 1. The van der Waals surface area contributed by atoms with Crippen molar-refractivity contribution in [2.75, 3.05) is 26.7 Å². The van der Waals surface area contributed by atoms with Crippen LogP contribution < -0.4 is 5.73 Å². The van der Waals surface area contributed by atoms with Gasteiger partial charge in [0.2, 0.25) is 0 Å². The molecule has 0 aromatic rings. The molecule has 2 aliphatic rings. The summed E-state index contributed by atoms with van der Waals surface area (Å²) in [5.41, 5.74) is 5.67. The second-order valence-electron chi connectivity index (χ2n) is 4.25. The van der Waals surface area contributed by atoms with Crippen molar-refractivity contribution < 1.29 is 0 Å². The highest BCUT2D eigenvalue weighted by molar-refractivity contribution is 4.97. The molecule has 0 aromatic carbocycles. The Morgan fingerprint density at radius 2 is 1.71 bits per heavy atom. The van der Waals surface area contributed by atoms with E-state index >= 15 is 0 Å². The minimum absolute atomic E-state index is 0.750. The lowest BCUT2D eigenvalue weighted by atomic mass is 9.96. The van der Waals surface area contributed by atoms with Crippen molar-refractivity contribution in [3.8, 4) is 0 Å². The SMILES string of the molecule is CC.CCN.CN1CCCC2(CC2)C1. The molecular formula is C12H28N2. The highest BCUT2D eigenvalue weighted by atomic mass is 15.1. The Hall–Kier alpha value is -0.0800. The van der Waals surface area contributed by atoms with Crippen molar-refractivity contribution in [3.63, 3.8) is 0 Å². The van der Waals surface area contributed by atoms with Crippen LogP contribution in [0.5, 0.6) is 0 Å². The van der Waals surface area contributed by atoms with E-state index in [2.05, 4.69) is 11.9 Å². The van der Waals surface area contributed by atoms with E-state index in [-0.39, 0.29) is 0 Å². The first-order chi connectivity index (χ1) is 6.72. The van der Waals surface area contributed by atoms with Crippen molar-refractivity contribution in [1.82, 2.24) is 4.90 Å². The van der Waals surface area contributed by atoms with Crippen LogP contribution in [0.15, 0.2) is 0 Å². The van der Waals surface area contributed by atoms with Gasteiger partial charge in [0.25, 0.3) is 0 Å². The van der Waals surface area contributed by atoms with E-state index in [0.717, 1.165) is 12.0 Å². The standard InChI is InChI=1S/C8H15N.C2H7N.C2H6/c1-9-6-2-3-8(7-9)4-5-8;1-2-3;1-2/h2-7H2,1H3;2-3H2,1H3;1-2H3. The van der Waals surface area contributed by atoms with Gasteiger partial charge < -0.3 is 10.6 Å². The van der Waals surface area contributed by atoms with Crippen LogP contribution >= 0.6 is 0 Å². The largest absolute Gasteiger partial charge is 0.331 e. The maximum absolute atomic E-state index is 4.85. The van der Waals surface area contributed by atoms with Gasteiger partial charge in [-0.15, -0.1) is 0 Å². The molecule has 1 saturated heterocycles. The van der Waals surface area contributed by atoms with Crippen LogP contribution in [0.2, 0.25) is 0 Å². The third kappa shape index (κ3) is 4.97. The summed E-state index contributed by atoms with van der Waals surface area (Å²) in [6.07, 6.45) is 5.97. The Morgan fingerprint density at radius 3 is 2.00 bits per heavy atom.